The maximum Gasteiger partial charge on any atom is 0.234 e. The number of aryl methyl sites for hydroxylation is 3. The molecule has 0 radical (unpaired) electrons. The zero-order chi connectivity index (χ0) is 19.2. The van der Waals surface area contributed by atoms with Gasteiger partial charge < -0.3 is 10.6 Å². The maximum absolute atomic E-state index is 12.3. The van der Waals surface area contributed by atoms with Gasteiger partial charge in [0.1, 0.15) is 0 Å². The van der Waals surface area contributed by atoms with E-state index in [1.807, 2.05) is 32.0 Å². The number of thioether (sulfide) groups is 1. The summed E-state index contributed by atoms with van der Waals surface area (Å²) in [7, 11) is 0. The van der Waals surface area contributed by atoms with Crippen molar-refractivity contribution in [2.24, 2.45) is 0 Å². The number of amides is 1. The van der Waals surface area contributed by atoms with Crippen LogP contribution in [0.5, 0.6) is 0 Å². The van der Waals surface area contributed by atoms with Gasteiger partial charge in [-0.2, -0.15) is 0 Å². The number of carbonyl (C=O) groups is 1. The fourth-order valence-corrected chi connectivity index (χ4v) is 4.34. The Labute approximate surface area is 167 Å². The maximum atomic E-state index is 12.3. The van der Waals surface area contributed by atoms with E-state index in [1.165, 1.54) is 34.2 Å². The highest BCUT2D eigenvalue weighted by molar-refractivity contribution is 8.01. The van der Waals surface area contributed by atoms with E-state index in [9.17, 15) is 4.79 Å². The normalized spacial score (nSPS) is 10.6. The Morgan fingerprint density at radius 3 is 2.48 bits per heavy atom. The Morgan fingerprint density at radius 2 is 1.78 bits per heavy atom. The number of hydrogen-bond donors (Lipinski definition) is 2. The lowest BCUT2D eigenvalue weighted by Crippen LogP contribution is -2.15. The molecular formula is C20H22N4OS2. The summed E-state index contributed by atoms with van der Waals surface area (Å²) in [5.41, 5.74) is 5.43. The van der Waals surface area contributed by atoms with Gasteiger partial charge in [0.25, 0.3) is 0 Å². The molecule has 2 aromatic carbocycles. The van der Waals surface area contributed by atoms with Crippen molar-refractivity contribution in [2.45, 2.75) is 31.7 Å². The molecule has 3 rings (SSSR count). The average Bonchev–Trinajstić information content (AvgIpc) is 3.10. The highest BCUT2D eigenvalue weighted by Gasteiger charge is 2.11. The van der Waals surface area contributed by atoms with Gasteiger partial charge in [0.05, 0.1) is 5.75 Å². The van der Waals surface area contributed by atoms with E-state index < -0.39 is 0 Å². The van der Waals surface area contributed by atoms with E-state index in [1.54, 1.807) is 0 Å². The summed E-state index contributed by atoms with van der Waals surface area (Å²) in [6.45, 7) is 6.78. The second-order valence-electron chi connectivity index (χ2n) is 6.32. The molecule has 0 unspecified atom stereocenters. The Bertz CT molecular complexity index is 902. The molecular weight excluding hydrogens is 376 g/mol. The Hall–Kier alpha value is -2.38. The van der Waals surface area contributed by atoms with Gasteiger partial charge in [-0.1, -0.05) is 71.1 Å². The minimum absolute atomic E-state index is 0.0379. The first-order chi connectivity index (χ1) is 13.0. The predicted octanol–water partition coefficient (Wildman–Crippen LogP) is 4.81. The largest absolute Gasteiger partial charge is 0.356 e. The van der Waals surface area contributed by atoms with E-state index in [-0.39, 0.29) is 5.91 Å². The van der Waals surface area contributed by atoms with E-state index in [4.69, 9.17) is 0 Å². The van der Waals surface area contributed by atoms with Gasteiger partial charge in [-0.15, -0.1) is 10.2 Å². The van der Waals surface area contributed by atoms with Crippen molar-refractivity contribution in [3.05, 3.63) is 64.7 Å². The highest BCUT2D eigenvalue weighted by Crippen LogP contribution is 2.27. The van der Waals surface area contributed by atoms with Crippen LogP contribution in [0.4, 0.5) is 10.8 Å². The first kappa shape index (κ1) is 19.4. The summed E-state index contributed by atoms with van der Waals surface area (Å²) in [5.74, 6) is 0.268. The first-order valence-electron chi connectivity index (χ1n) is 8.63. The van der Waals surface area contributed by atoms with Crippen molar-refractivity contribution in [2.75, 3.05) is 16.4 Å². The smallest absolute Gasteiger partial charge is 0.234 e. The first-order valence-corrected chi connectivity index (χ1v) is 10.4. The van der Waals surface area contributed by atoms with Crippen LogP contribution >= 0.6 is 23.1 Å². The molecule has 0 saturated carbocycles. The summed E-state index contributed by atoms with van der Waals surface area (Å²) in [6, 6.07) is 14.3. The topological polar surface area (TPSA) is 66.9 Å². The molecule has 27 heavy (non-hydrogen) atoms. The number of hydrogen-bond acceptors (Lipinski definition) is 6. The SMILES string of the molecule is Cc1cc(C)c(NC(=O)CSc2nnc(NCc3ccccc3)s2)c(C)c1. The van der Waals surface area contributed by atoms with Crippen LogP contribution in [-0.4, -0.2) is 21.9 Å². The molecule has 0 aliphatic carbocycles. The van der Waals surface area contributed by atoms with Crippen molar-refractivity contribution >= 4 is 39.8 Å². The van der Waals surface area contributed by atoms with Gasteiger partial charge in [-0.25, -0.2) is 0 Å². The van der Waals surface area contributed by atoms with Crippen LogP contribution in [0.15, 0.2) is 46.8 Å². The molecule has 1 amide bonds. The van der Waals surface area contributed by atoms with Crippen LogP contribution in [0, 0.1) is 20.8 Å². The molecule has 0 aliphatic rings. The lowest BCUT2D eigenvalue weighted by atomic mass is 10.1. The standard InChI is InChI=1S/C20H22N4OS2/c1-13-9-14(2)18(15(3)10-13)22-17(25)12-26-20-24-23-19(27-20)21-11-16-7-5-4-6-8-16/h4-10H,11-12H2,1-3H3,(H,21,23)(H,22,25). The van der Waals surface area contributed by atoms with Crippen LogP contribution < -0.4 is 10.6 Å². The van der Waals surface area contributed by atoms with Gasteiger partial charge in [-0.05, 0) is 37.5 Å². The lowest BCUT2D eigenvalue weighted by Gasteiger charge is -2.12. The van der Waals surface area contributed by atoms with Crippen LogP contribution in [0.2, 0.25) is 0 Å². The molecule has 0 aliphatic heterocycles. The number of aromatic nitrogens is 2. The third-order valence-electron chi connectivity index (χ3n) is 3.96. The Morgan fingerprint density at radius 1 is 1.07 bits per heavy atom. The minimum Gasteiger partial charge on any atom is -0.356 e. The molecule has 3 aromatic rings. The fourth-order valence-electron chi connectivity index (χ4n) is 2.79. The molecule has 1 aromatic heterocycles. The molecule has 7 heteroatoms. The minimum atomic E-state index is -0.0379. The number of nitrogens with zero attached hydrogens (tertiary/aromatic N) is 2. The molecule has 2 N–H and O–H groups in total. The quantitative estimate of drug-likeness (QED) is 0.559. The lowest BCUT2D eigenvalue weighted by molar-refractivity contribution is -0.113. The molecule has 1 heterocycles. The number of nitrogens with one attached hydrogen (secondary N) is 2. The average molecular weight is 399 g/mol. The van der Waals surface area contributed by atoms with Crippen molar-refractivity contribution < 1.29 is 4.79 Å². The summed E-state index contributed by atoms with van der Waals surface area (Å²) in [4.78, 5) is 12.3. The molecule has 0 bridgehead atoms. The molecule has 0 saturated heterocycles. The van der Waals surface area contributed by atoms with Gasteiger partial charge in [0, 0.05) is 12.2 Å². The van der Waals surface area contributed by atoms with E-state index >= 15 is 0 Å². The Kier molecular flexibility index (Phi) is 6.47. The van der Waals surface area contributed by atoms with Gasteiger partial charge in [0.15, 0.2) is 4.34 Å². The fraction of sp³-hybridized carbons (Fsp3) is 0.250. The molecule has 0 spiro atoms. The third-order valence-corrected chi connectivity index (χ3v) is 5.98. The van der Waals surface area contributed by atoms with E-state index in [0.29, 0.717) is 12.3 Å². The van der Waals surface area contributed by atoms with Crippen LogP contribution in [0.25, 0.3) is 0 Å². The summed E-state index contributed by atoms with van der Waals surface area (Å²) in [5, 5.41) is 15.3. The zero-order valence-corrected chi connectivity index (χ0v) is 17.2. The monoisotopic (exact) mass is 398 g/mol. The molecule has 140 valence electrons. The third kappa shape index (κ3) is 5.55. The highest BCUT2D eigenvalue weighted by atomic mass is 32.2. The van der Waals surface area contributed by atoms with E-state index in [0.717, 1.165) is 26.3 Å². The van der Waals surface area contributed by atoms with Crippen LogP contribution in [-0.2, 0) is 11.3 Å². The zero-order valence-electron chi connectivity index (χ0n) is 15.6. The molecule has 0 atom stereocenters. The van der Waals surface area contributed by atoms with Crippen molar-refractivity contribution in [1.29, 1.82) is 0 Å². The second-order valence-corrected chi connectivity index (χ2v) is 8.52. The molecule has 5 nitrogen and oxygen atoms in total. The van der Waals surface area contributed by atoms with Gasteiger partial charge in [0.2, 0.25) is 11.0 Å². The summed E-state index contributed by atoms with van der Waals surface area (Å²) < 4.78 is 0.776. The number of carbonyl (C=O) groups excluding carboxylic acids is 1. The Balaban J connectivity index is 1.50. The van der Waals surface area contributed by atoms with Crippen molar-refractivity contribution in [3.63, 3.8) is 0 Å². The van der Waals surface area contributed by atoms with Crippen LogP contribution in [0.1, 0.15) is 22.3 Å². The predicted molar refractivity (Wildman–Crippen MR) is 114 cm³/mol. The van der Waals surface area contributed by atoms with Gasteiger partial charge in [-0.3, -0.25) is 4.79 Å². The number of rotatable bonds is 7. The van der Waals surface area contributed by atoms with Crippen molar-refractivity contribution in [3.8, 4) is 0 Å². The van der Waals surface area contributed by atoms with Gasteiger partial charge >= 0.3 is 0 Å². The van der Waals surface area contributed by atoms with E-state index in [2.05, 4.69) is 52.0 Å². The molecule has 0 fully saturated rings. The van der Waals surface area contributed by atoms with Crippen molar-refractivity contribution in [1.82, 2.24) is 10.2 Å². The summed E-state index contributed by atoms with van der Waals surface area (Å²) in [6.07, 6.45) is 0. The number of benzene rings is 2. The summed E-state index contributed by atoms with van der Waals surface area (Å²) >= 11 is 2.86. The van der Waals surface area contributed by atoms with Crippen LogP contribution in [0.3, 0.4) is 0 Å². The number of anilines is 2. The second kappa shape index (κ2) is 9.01.